The number of carboxylic acids is 1. The lowest BCUT2D eigenvalue weighted by Crippen LogP contribution is -2.59. The highest BCUT2D eigenvalue weighted by molar-refractivity contribution is 7.98. The Morgan fingerprint density at radius 3 is 1.75 bits per heavy atom. The highest BCUT2D eigenvalue weighted by Gasteiger charge is 2.30. The van der Waals surface area contributed by atoms with Crippen molar-refractivity contribution in [3.8, 4) is 0 Å². The van der Waals surface area contributed by atoms with Gasteiger partial charge in [-0.1, -0.05) is 44.2 Å². The first-order valence-electron chi connectivity index (χ1n) is 13.1. The van der Waals surface area contributed by atoms with E-state index in [9.17, 15) is 29.1 Å². The molecule has 0 aliphatic rings. The highest BCUT2D eigenvalue weighted by Crippen LogP contribution is 2.08. The standard InChI is InChI=1S/C27H43N5O6S2/c1-16(2)12-19(28-4)24(34)30-20(13-18-10-8-7-9-11-18)25(35)29-17(3)23(33)31-21(14-39-5)26(36)32-22(15-40-6)27(37)38/h7-11,16-17,19-22,28H,12-15H2,1-6H3,(H,29,35)(H,30,34)(H,31,33)(H,32,36)(H,37,38)/t17-,19-,20-,21-,22-/m0/s1. The van der Waals surface area contributed by atoms with Crippen molar-refractivity contribution in [1.82, 2.24) is 26.6 Å². The highest BCUT2D eigenvalue weighted by atomic mass is 32.2. The summed E-state index contributed by atoms with van der Waals surface area (Å²) < 4.78 is 0. The third-order valence-corrected chi connectivity index (χ3v) is 7.29. The number of hydrogen-bond acceptors (Lipinski definition) is 8. The molecule has 0 aliphatic heterocycles. The van der Waals surface area contributed by atoms with E-state index in [4.69, 9.17) is 0 Å². The second-order valence-electron chi connectivity index (χ2n) is 9.82. The zero-order valence-corrected chi connectivity index (χ0v) is 25.6. The number of aliphatic carboxylic acids is 1. The molecule has 0 unspecified atom stereocenters. The number of nitrogens with one attached hydrogen (secondary N) is 5. The molecule has 11 nitrogen and oxygen atoms in total. The van der Waals surface area contributed by atoms with E-state index in [0.717, 1.165) is 5.56 Å². The summed E-state index contributed by atoms with van der Waals surface area (Å²) in [5, 5.41) is 22.9. The van der Waals surface area contributed by atoms with E-state index in [1.165, 1.54) is 30.4 Å². The van der Waals surface area contributed by atoms with E-state index in [2.05, 4.69) is 26.6 Å². The molecule has 0 spiro atoms. The Kier molecular flexibility index (Phi) is 16.4. The van der Waals surface area contributed by atoms with Crippen molar-refractivity contribution in [2.24, 2.45) is 5.92 Å². The average molecular weight is 598 g/mol. The van der Waals surface area contributed by atoms with Crippen LogP contribution in [0.15, 0.2) is 30.3 Å². The number of amides is 4. The van der Waals surface area contributed by atoms with Crippen molar-refractivity contribution in [2.75, 3.05) is 31.1 Å². The minimum atomic E-state index is -1.17. The van der Waals surface area contributed by atoms with Crippen molar-refractivity contribution in [3.63, 3.8) is 0 Å². The molecule has 1 aromatic rings. The first kappa shape index (κ1) is 35.3. The van der Waals surface area contributed by atoms with Crippen LogP contribution >= 0.6 is 23.5 Å². The lowest BCUT2D eigenvalue weighted by atomic mass is 10.0. The van der Waals surface area contributed by atoms with Crippen molar-refractivity contribution in [1.29, 1.82) is 0 Å². The number of hydrogen-bond donors (Lipinski definition) is 6. The Balaban J connectivity index is 2.97. The summed E-state index contributed by atoms with van der Waals surface area (Å²) in [6.45, 7) is 5.48. The molecule has 0 radical (unpaired) electrons. The quantitative estimate of drug-likeness (QED) is 0.142. The van der Waals surface area contributed by atoms with E-state index < -0.39 is 53.9 Å². The topological polar surface area (TPSA) is 166 Å². The van der Waals surface area contributed by atoms with Crippen molar-refractivity contribution >= 4 is 53.1 Å². The average Bonchev–Trinajstić information content (AvgIpc) is 2.90. The van der Waals surface area contributed by atoms with E-state index in [0.29, 0.717) is 6.42 Å². The molecule has 1 rings (SSSR count). The van der Waals surface area contributed by atoms with Crippen LogP contribution in [0.25, 0.3) is 0 Å². The van der Waals surface area contributed by atoms with Crippen molar-refractivity contribution < 1.29 is 29.1 Å². The zero-order valence-electron chi connectivity index (χ0n) is 24.0. The van der Waals surface area contributed by atoms with Crippen molar-refractivity contribution in [3.05, 3.63) is 35.9 Å². The van der Waals surface area contributed by atoms with Gasteiger partial charge in [0.1, 0.15) is 24.2 Å². The van der Waals surface area contributed by atoms with Crippen LogP contribution < -0.4 is 26.6 Å². The van der Waals surface area contributed by atoms with Gasteiger partial charge in [0.15, 0.2) is 0 Å². The summed E-state index contributed by atoms with van der Waals surface area (Å²) in [5.41, 5.74) is 0.833. The molecule has 0 fully saturated rings. The smallest absolute Gasteiger partial charge is 0.327 e. The molecular weight excluding hydrogens is 554 g/mol. The predicted octanol–water partition coefficient (Wildman–Crippen LogP) is 0.633. The monoisotopic (exact) mass is 597 g/mol. The van der Waals surface area contributed by atoms with E-state index in [1.54, 1.807) is 19.6 Å². The Hall–Kier alpha value is -2.77. The molecule has 4 amide bonds. The predicted molar refractivity (Wildman–Crippen MR) is 160 cm³/mol. The van der Waals surface area contributed by atoms with Crippen LogP contribution in [-0.4, -0.2) is 96.0 Å². The van der Waals surface area contributed by atoms with Crippen LogP contribution in [0.1, 0.15) is 32.8 Å². The fourth-order valence-electron chi connectivity index (χ4n) is 3.80. The summed E-state index contributed by atoms with van der Waals surface area (Å²) in [6, 6.07) is 4.66. The molecular formula is C27H43N5O6S2. The van der Waals surface area contributed by atoms with E-state index in [-0.39, 0.29) is 29.8 Å². The van der Waals surface area contributed by atoms with Crippen LogP contribution in [0.4, 0.5) is 0 Å². The molecule has 0 saturated carbocycles. The Morgan fingerprint density at radius 1 is 0.725 bits per heavy atom. The van der Waals surface area contributed by atoms with E-state index in [1.807, 2.05) is 44.2 Å². The third kappa shape index (κ3) is 12.6. The van der Waals surface area contributed by atoms with Gasteiger partial charge in [-0.05, 0) is 44.4 Å². The summed E-state index contributed by atoms with van der Waals surface area (Å²) in [5.74, 6) is -2.64. The minimum absolute atomic E-state index is 0.174. The number of rotatable bonds is 18. The minimum Gasteiger partial charge on any atom is -0.480 e. The van der Waals surface area contributed by atoms with Gasteiger partial charge in [0, 0.05) is 17.9 Å². The van der Waals surface area contributed by atoms with E-state index >= 15 is 0 Å². The number of carbonyl (C=O) groups is 5. The first-order valence-corrected chi connectivity index (χ1v) is 15.9. The van der Waals surface area contributed by atoms with Crippen molar-refractivity contribution in [2.45, 2.75) is 63.8 Å². The molecule has 0 bridgehead atoms. The number of benzene rings is 1. The zero-order chi connectivity index (χ0) is 30.2. The SMILES string of the molecule is CN[C@@H](CC(C)C)C(=O)N[C@@H](Cc1ccccc1)C(=O)N[C@@H](C)C(=O)N[C@@H](CSC)C(=O)N[C@@H](CSC)C(=O)O. The number of carbonyl (C=O) groups excluding carboxylic acids is 4. The molecule has 13 heteroatoms. The molecule has 6 N–H and O–H groups in total. The molecule has 0 saturated heterocycles. The second kappa shape index (κ2) is 18.6. The molecule has 0 aliphatic carbocycles. The maximum atomic E-state index is 13.3. The molecule has 0 heterocycles. The first-order chi connectivity index (χ1) is 18.9. The largest absolute Gasteiger partial charge is 0.480 e. The van der Waals surface area contributed by atoms with Crippen LogP contribution in [-0.2, 0) is 30.4 Å². The van der Waals surface area contributed by atoms with Gasteiger partial charge in [0.05, 0.1) is 6.04 Å². The van der Waals surface area contributed by atoms with Gasteiger partial charge in [0.25, 0.3) is 0 Å². The Bertz CT molecular complexity index is 981. The molecule has 5 atom stereocenters. The fourth-order valence-corrected chi connectivity index (χ4v) is 4.93. The van der Waals surface area contributed by atoms with Crippen LogP contribution in [0.2, 0.25) is 0 Å². The second-order valence-corrected chi connectivity index (χ2v) is 11.6. The van der Waals surface area contributed by atoms with Gasteiger partial charge in [-0.2, -0.15) is 23.5 Å². The summed E-state index contributed by atoms with van der Waals surface area (Å²) in [7, 11) is 1.69. The third-order valence-electron chi connectivity index (χ3n) is 5.95. The summed E-state index contributed by atoms with van der Waals surface area (Å²) >= 11 is 2.58. The van der Waals surface area contributed by atoms with Gasteiger partial charge >= 0.3 is 5.97 Å². The number of likely N-dealkylation sites (N-methyl/N-ethyl adjacent to an activating group) is 1. The maximum absolute atomic E-state index is 13.3. The lowest BCUT2D eigenvalue weighted by Gasteiger charge is -2.25. The summed E-state index contributed by atoms with van der Waals surface area (Å²) in [6.07, 6.45) is 4.28. The molecule has 224 valence electrons. The van der Waals surface area contributed by atoms with Gasteiger partial charge in [-0.25, -0.2) is 4.79 Å². The van der Waals surface area contributed by atoms with Crippen LogP contribution in [0, 0.1) is 5.92 Å². The lowest BCUT2D eigenvalue weighted by molar-refractivity contribution is -0.141. The Morgan fingerprint density at radius 2 is 1.23 bits per heavy atom. The normalized spacial score (nSPS) is 14.8. The molecule has 40 heavy (non-hydrogen) atoms. The van der Waals surface area contributed by atoms with Gasteiger partial charge in [0.2, 0.25) is 23.6 Å². The molecule has 0 aromatic heterocycles. The van der Waals surface area contributed by atoms with Gasteiger partial charge in [-0.3, -0.25) is 19.2 Å². The number of carboxylic acid groups (broad SMARTS) is 1. The Labute approximate surface area is 245 Å². The molecule has 1 aromatic carbocycles. The number of thioether (sulfide) groups is 2. The summed E-state index contributed by atoms with van der Waals surface area (Å²) in [4.78, 5) is 63.4. The maximum Gasteiger partial charge on any atom is 0.327 e. The van der Waals surface area contributed by atoms with Gasteiger partial charge < -0.3 is 31.7 Å². The fraction of sp³-hybridized carbons (Fsp3) is 0.593. The van der Waals surface area contributed by atoms with Crippen LogP contribution in [0.3, 0.4) is 0 Å². The van der Waals surface area contributed by atoms with Gasteiger partial charge in [-0.15, -0.1) is 0 Å². The van der Waals surface area contributed by atoms with Crippen LogP contribution in [0.5, 0.6) is 0 Å².